The molecule has 0 aliphatic heterocycles. The maximum absolute atomic E-state index is 11.3. The molecular formula is C9H19NO2S. The molecule has 0 spiro atoms. The highest BCUT2D eigenvalue weighted by Crippen LogP contribution is 2.10. The van der Waals surface area contributed by atoms with Gasteiger partial charge in [0.05, 0.1) is 6.61 Å². The summed E-state index contributed by atoms with van der Waals surface area (Å²) in [6.45, 7) is 6.49. The van der Waals surface area contributed by atoms with Gasteiger partial charge in [0, 0.05) is 5.75 Å². The number of rotatable bonds is 6. The van der Waals surface area contributed by atoms with Gasteiger partial charge in [-0.15, -0.1) is 0 Å². The van der Waals surface area contributed by atoms with Crippen molar-refractivity contribution in [1.82, 2.24) is 5.32 Å². The molecule has 0 aromatic carbocycles. The fourth-order valence-corrected chi connectivity index (χ4v) is 1.68. The third-order valence-corrected chi connectivity index (χ3v) is 2.71. The number of carbonyl (C=O) groups excluding carboxylic acids is 1. The zero-order valence-corrected chi connectivity index (χ0v) is 9.61. The van der Waals surface area contributed by atoms with E-state index in [0.29, 0.717) is 11.9 Å². The monoisotopic (exact) mass is 205 g/mol. The summed E-state index contributed by atoms with van der Waals surface area (Å²) in [7, 11) is 1.78. The van der Waals surface area contributed by atoms with E-state index in [-0.39, 0.29) is 12.0 Å². The van der Waals surface area contributed by atoms with Gasteiger partial charge in [-0.2, -0.15) is 11.8 Å². The zero-order valence-electron chi connectivity index (χ0n) is 8.79. The van der Waals surface area contributed by atoms with Crippen LogP contribution in [-0.4, -0.2) is 36.7 Å². The summed E-state index contributed by atoms with van der Waals surface area (Å²) in [5.74, 6) is 0.616. The second kappa shape index (κ2) is 7.21. The summed E-state index contributed by atoms with van der Waals surface area (Å²) in [6, 6.07) is -0.174. The topological polar surface area (TPSA) is 38.3 Å². The Bertz CT molecular complexity index is 151. The highest BCUT2D eigenvalue weighted by molar-refractivity contribution is 7.99. The Morgan fingerprint density at radius 1 is 1.54 bits per heavy atom. The minimum Gasteiger partial charge on any atom is -0.465 e. The first-order valence-corrected chi connectivity index (χ1v) is 5.62. The smallest absolute Gasteiger partial charge is 0.323 e. The van der Waals surface area contributed by atoms with Gasteiger partial charge in [0.2, 0.25) is 0 Å². The lowest BCUT2D eigenvalue weighted by atomic mass is 10.3. The Hall–Kier alpha value is -0.220. The fraction of sp³-hybridized carbons (Fsp3) is 0.889. The van der Waals surface area contributed by atoms with Crippen LogP contribution < -0.4 is 5.32 Å². The standard InChI is InChI=1S/C9H19NO2S/c1-5-12-9(11)8(10-4)6-13-7(2)3/h7-8,10H,5-6H2,1-4H3. The average molecular weight is 205 g/mol. The van der Waals surface area contributed by atoms with E-state index >= 15 is 0 Å². The van der Waals surface area contributed by atoms with Crippen molar-refractivity contribution >= 4 is 17.7 Å². The van der Waals surface area contributed by atoms with Gasteiger partial charge >= 0.3 is 5.97 Å². The fourth-order valence-electron chi connectivity index (χ4n) is 0.801. The maximum Gasteiger partial charge on any atom is 0.323 e. The Labute approximate surface area is 84.6 Å². The number of hydrogen-bond donors (Lipinski definition) is 1. The number of ether oxygens (including phenoxy) is 1. The zero-order chi connectivity index (χ0) is 10.3. The number of nitrogens with one attached hydrogen (secondary N) is 1. The van der Waals surface area contributed by atoms with Crippen LogP contribution in [-0.2, 0) is 9.53 Å². The van der Waals surface area contributed by atoms with Gasteiger partial charge in [-0.1, -0.05) is 13.8 Å². The van der Waals surface area contributed by atoms with Crippen molar-refractivity contribution in [1.29, 1.82) is 0 Å². The van der Waals surface area contributed by atoms with Crippen LogP contribution in [0.4, 0.5) is 0 Å². The van der Waals surface area contributed by atoms with Gasteiger partial charge < -0.3 is 10.1 Å². The molecule has 0 bridgehead atoms. The van der Waals surface area contributed by atoms with E-state index in [1.807, 2.05) is 6.92 Å². The highest BCUT2D eigenvalue weighted by Gasteiger charge is 2.17. The molecule has 0 aliphatic rings. The average Bonchev–Trinajstić information content (AvgIpc) is 2.05. The molecule has 4 heteroatoms. The predicted molar refractivity (Wildman–Crippen MR) is 57.1 cm³/mol. The first-order chi connectivity index (χ1) is 6.11. The number of thioether (sulfide) groups is 1. The Kier molecular flexibility index (Phi) is 7.09. The van der Waals surface area contributed by atoms with Crippen LogP contribution in [0.25, 0.3) is 0 Å². The molecule has 0 fully saturated rings. The SMILES string of the molecule is CCOC(=O)C(CSC(C)C)NC. The van der Waals surface area contributed by atoms with Crippen LogP contribution in [0, 0.1) is 0 Å². The summed E-state index contributed by atoms with van der Waals surface area (Å²) in [5.41, 5.74) is 0. The number of carbonyl (C=O) groups is 1. The lowest BCUT2D eigenvalue weighted by Crippen LogP contribution is -2.38. The first-order valence-electron chi connectivity index (χ1n) is 4.57. The summed E-state index contributed by atoms with van der Waals surface area (Å²) < 4.78 is 4.91. The normalized spacial score (nSPS) is 13.0. The number of hydrogen-bond acceptors (Lipinski definition) is 4. The largest absolute Gasteiger partial charge is 0.465 e. The molecule has 0 aliphatic carbocycles. The Morgan fingerprint density at radius 2 is 2.15 bits per heavy atom. The molecule has 0 aromatic heterocycles. The van der Waals surface area contributed by atoms with E-state index in [9.17, 15) is 4.79 Å². The maximum atomic E-state index is 11.3. The third-order valence-electron chi connectivity index (χ3n) is 1.52. The van der Waals surface area contributed by atoms with Crippen molar-refractivity contribution in [2.75, 3.05) is 19.4 Å². The third kappa shape index (κ3) is 5.93. The van der Waals surface area contributed by atoms with Gasteiger partial charge in [0.25, 0.3) is 0 Å². The van der Waals surface area contributed by atoms with E-state index in [0.717, 1.165) is 5.75 Å². The van der Waals surface area contributed by atoms with Crippen molar-refractivity contribution in [3.8, 4) is 0 Å². The van der Waals surface area contributed by atoms with Crippen LogP contribution in [0.1, 0.15) is 20.8 Å². The molecule has 3 nitrogen and oxygen atoms in total. The van der Waals surface area contributed by atoms with Crippen molar-refractivity contribution in [2.45, 2.75) is 32.1 Å². The molecule has 0 saturated carbocycles. The summed E-state index contributed by atoms with van der Waals surface area (Å²) in [6.07, 6.45) is 0. The summed E-state index contributed by atoms with van der Waals surface area (Å²) >= 11 is 1.75. The molecule has 13 heavy (non-hydrogen) atoms. The van der Waals surface area contributed by atoms with Gasteiger partial charge in [-0.3, -0.25) is 4.79 Å². The van der Waals surface area contributed by atoms with Crippen molar-refractivity contribution < 1.29 is 9.53 Å². The van der Waals surface area contributed by atoms with Gasteiger partial charge in [0.1, 0.15) is 6.04 Å². The Balaban J connectivity index is 3.80. The molecule has 1 atom stereocenters. The molecular weight excluding hydrogens is 186 g/mol. The predicted octanol–water partition coefficient (Wildman–Crippen LogP) is 1.28. The van der Waals surface area contributed by atoms with Gasteiger partial charge in [-0.25, -0.2) is 0 Å². The minimum absolute atomic E-state index is 0.154. The molecule has 0 saturated heterocycles. The molecule has 0 aromatic rings. The van der Waals surface area contributed by atoms with E-state index in [2.05, 4.69) is 19.2 Å². The van der Waals surface area contributed by atoms with E-state index in [1.54, 1.807) is 18.8 Å². The van der Waals surface area contributed by atoms with Gasteiger partial charge in [-0.05, 0) is 19.2 Å². The summed E-state index contributed by atoms with van der Waals surface area (Å²) in [4.78, 5) is 11.3. The molecule has 1 N–H and O–H groups in total. The van der Waals surface area contributed by atoms with Crippen molar-refractivity contribution in [2.24, 2.45) is 0 Å². The first kappa shape index (κ1) is 12.8. The van der Waals surface area contributed by atoms with Crippen LogP contribution in [0.2, 0.25) is 0 Å². The van der Waals surface area contributed by atoms with Crippen molar-refractivity contribution in [3.05, 3.63) is 0 Å². The van der Waals surface area contributed by atoms with E-state index in [4.69, 9.17) is 4.74 Å². The number of likely N-dealkylation sites (N-methyl/N-ethyl adjacent to an activating group) is 1. The number of esters is 1. The molecule has 0 heterocycles. The van der Waals surface area contributed by atoms with E-state index in [1.165, 1.54) is 0 Å². The molecule has 1 unspecified atom stereocenters. The molecule has 78 valence electrons. The molecule has 0 rings (SSSR count). The van der Waals surface area contributed by atoms with Crippen molar-refractivity contribution in [3.63, 3.8) is 0 Å². The van der Waals surface area contributed by atoms with Crippen LogP contribution in [0.3, 0.4) is 0 Å². The van der Waals surface area contributed by atoms with Gasteiger partial charge in [0.15, 0.2) is 0 Å². The summed E-state index contributed by atoms with van der Waals surface area (Å²) in [5, 5.41) is 3.49. The molecule has 0 radical (unpaired) electrons. The quantitative estimate of drug-likeness (QED) is 0.663. The minimum atomic E-state index is -0.174. The highest BCUT2D eigenvalue weighted by atomic mass is 32.2. The second-order valence-electron chi connectivity index (χ2n) is 2.98. The molecule has 0 amide bonds. The van der Waals surface area contributed by atoms with E-state index < -0.39 is 0 Å². The second-order valence-corrected chi connectivity index (χ2v) is 4.58. The Morgan fingerprint density at radius 3 is 2.54 bits per heavy atom. The van der Waals surface area contributed by atoms with Crippen LogP contribution in [0.15, 0.2) is 0 Å². The lowest BCUT2D eigenvalue weighted by Gasteiger charge is -2.15. The van der Waals surface area contributed by atoms with Crippen LogP contribution >= 0.6 is 11.8 Å². The lowest BCUT2D eigenvalue weighted by molar-refractivity contribution is -0.144. The van der Waals surface area contributed by atoms with Crippen LogP contribution in [0.5, 0.6) is 0 Å².